The summed E-state index contributed by atoms with van der Waals surface area (Å²) in [6.45, 7) is 0. The van der Waals surface area contributed by atoms with E-state index in [1.54, 1.807) is 11.8 Å². The van der Waals surface area contributed by atoms with Gasteiger partial charge in [-0.25, -0.2) is 0 Å². The van der Waals surface area contributed by atoms with Crippen LogP contribution in [0.15, 0.2) is 33.6 Å². The second-order valence-corrected chi connectivity index (χ2v) is 5.48. The Hall–Kier alpha value is -0.560. The van der Waals surface area contributed by atoms with Crippen LogP contribution in [-0.2, 0) is 6.42 Å². The molecule has 1 aromatic heterocycles. The molecule has 0 saturated carbocycles. The highest BCUT2D eigenvalue weighted by Gasteiger charge is 2.27. The number of benzene rings is 1. The summed E-state index contributed by atoms with van der Waals surface area (Å²) in [7, 11) is 0. The summed E-state index contributed by atoms with van der Waals surface area (Å²) in [5, 5.41) is 8.21. The van der Waals surface area contributed by atoms with Crippen molar-refractivity contribution in [1.29, 1.82) is 0 Å². The molecule has 1 aromatic carbocycles. The van der Waals surface area contributed by atoms with Crippen molar-refractivity contribution in [1.82, 2.24) is 10.2 Å². The van der Waals surface area contributed by atoms with Crippen molar-refractivity contribution < 1.29 is 4.42 Å². The minimum absolute atomic E-state index is 0.290. The molecule has 0 amide bonds. The fourth-order valence-electron chi connectivity index (χ4n) is 1.67. The third kappa shape index (κ3) is 1.78. The van der Waals surface area contributed by atoms with E-state index in [0.29, 0.717) is 9.15 Å². The zero-order valence-corrected chi connectivity index (χ0v) is 10.7. The van der Waals surface area contributed by atoms with Crippen LogP contribution in [-0.4, -0.2) is 10.2 Å². The van der Waals surface area contributed by atoms with Crippen LogP contribution in [0.3, 0.4) is 0 Å². The van der Waals surface area contributed by atoms with Crippen molar-refractivity contribution in [2.24, 2.45) is 0 Å². The van der Waals surface area contributed by atoms with Gasteiger partial charge in [0.05, 0.1) is 5.25 Å². The molecule has 2 heterocycles. The summed E-state index contributed by atoms with van der Waals surface area (Å²) < 4.78 is 6.05. The van der Waals surface area contributed by atoms with Crippen LogP contribution < -0.4 is 0 Å². The van der Waals surface area contributed by atoms with Crippen LogP contribution in [0.2, 0.25) is 0 Å². The first-order chi connectivity index (χ1) is 7.33. The third-order valence-electron chi connectivity index (χ3n) is 2.34. The normalized spacial score (nSPS) is 19.1. The van der Waals surface area contributed by atoms with E-state index in [1.165, 1.54) is 10.5 Å². The monoisotopic (exact) mass is 330 g/mol. The minimum atomic E-state index is 0.290. The lowest BCUT2D eigenvalue weighted by molar-refractivity contribution is 0.466. The van der Waals surface area contributed by atoms with Gasteiger partial charge in [-0.15, -0.1) is 22.0 Å². The van der Waals surface area contributed by atoms with E-state index in [0.717, 1.165) is 12.3 Å². The van der Waals surface area contributed by atoms with Gasteiger partial charge in [-0.2, -0.15) is 0 Å². The van der Waals surface area contributed by atoms with Gasteiger partial charge < -0.3 is 4.42 Å². The van der Waals surface area contributed by atoms with Crippen molar-refractivity contribution in [3.8, 4) is 0 Å². The second kappa shape index (κ2) is 3.79. The number of hydrogen-bond donors (Lipinski definition) is 0. The van der Waals surface area contributed by atoms with E-state index in [9.17, 15) is 0 Å². The molecule has 1 aliphatic rings. The summed E-state index contributed by atoms with van der Waals surface area (Å²) in [6.07, 6.45) is 0.985. The molecule has 1 aliphatic heterocycles. The van der Waals surface area contributed by atoms with Crippen LogP contribution in [0, 0.1) is 3.90 Å². The Labute approximate surface area is 105 Å². The fourth-order valence-corrected chi connectivity index (χ4v) is 3.22. The van der Waals surface area contributed by atoms with Gasteiger partial charge in [0.1, 0.15) is 0 Å². The molecule has 0 saturated heterocycles. The van der Waals surface area contributed by atoms with E-state index < -0.39 is 0 Å². The lowest BCUT2D eigenvalue weighted by atomic mass is 10.1. The number of fused-ring (bicyclic) bond motifs is 1. The fraction of sp³-hybridized carbons (Fsp3) is 0.200. The van der Waals surface area contributed by atoms with Gasteiger partial charge in [0.2, 0.25) is 5.89 Å². The largest absolute Gasteiger partial charge is 0.415 e. The van der Waals surface area contributed by atoms with Crippen molar-refractivity contribution in [2.45, 2.75) is 16.6 Å². The summed E-state index contributed by atoms with van der Waals surface area (Å²) in [4.78, 5) is 1.33. The van der Waals surface area contributed by atoms with E-state index in [4.69, 9.17) is 4.42 Å². The topological polar surface area (TPSA) is 38.9 Å². The Morgan fingerprint density at radius 1 is 1.33 bits per heavy atom. The molecule has 0 spiro atoms. The minimum Gasteiger partial charge on any atom is -0.415 e. The number of halogens is 1. The molecule has 1 atom stereocenters. The summed E-state index contributed by atoms with van der Waals surface area (Å²) in [6, 6.07) is 8.43. The quantitative estimate of drug-likeness (QED) is 0.754. The Balaban J connectivity index is 1.90. The maximum atomic E-state index is 5.44. The Kier molecular flexibility index (Phi) is 2.44. The van der Waals surface area contributed by atoms with Crippen LogP contribution in [0.1, 0.15) is 16.7 Å². The molecule has 0 aliphatic carbocycles. The van der Waals surface area contributed by atoms with Crippen LogP contribution in [0.5, 0.6) is 0 Å². The molecule has 15 heavy (non-hydrogen) atoms. The van der Waals surface area contributed by atoms with Gasteiger partial charge >= 0.3 is 0 Å². The van der Waals surface area contributed by atoms with Crippen LogP contribution >= 0.6 is 34.4 Å². The van der Waals surface area contributed by atoms with Gasteiger partial charge in [-0.05, 0) is 18.1 Å². The van der Waals surface area contributed by atoms with E-state index in [2.05, 4.69) is 34.5 Å². The van der Waals surface area contributed by atoms with Gasteiger partial charge in [0.25, 0.3) is 3.90 Å². The Morgan fingerprint density at radius 3 is 2.93 bits per heavy atom. The predicted molar refractivity (Wildman–Crippen MR) is 65.8 cm³/mol. The molecule has 0 fully saturated rings. The first kappa shape index (κ1) is 9.65. The van der Waals surface area contributed by atoms with Gasteiger partial charge in [0.15, 0.2) is 0 Å². The molecule has 76 valence electrons. The number of rotatable bonds is 1. The SMILES string of the molecule is Ic1nnc(C2Cc3ccccc3S2)o1. The highest BCUT2D eigenvalue weighted by atomic mass is 127. The molecule has 0 N–H and O–H groups in total. The molecule has 3 nitrogen and oxygen atoms in total. The average Bonchev–Trinajstić information content (AvgIpc) is 2.82. The van der Waals surface area contributed by atoms with Crippen molar-refractivity contribution in [3.63, 3.8) is 0 Å². The molecule has 1 unspecified atom stereocenters. The summed E-state index contributed by atoms with van der Waals surface area (Å²) in [5.41, 5.74) is 1.38. The molecule has 0 bridgehead atoms. The number of thioether (sulfide) groups is 1. The van der Waals surface area contributed by atoms with Crippen LogP contribution in [0.4, 0.5) is 0 Å². The van der Waals surface area contributed by atoms with Crippen molar-refractivity contribution in [2.75, 3.05) is 0 Å². The first-order valence-electron chi connectivity index (χ1n) is 4.56. The highest BCUT2D eigenvalue weighted by Crippen LogP contribution is 2.45. The standard InChI is InChI=1S/C10H7IN2OS/c11-10-13-12-9(14-10)8-5-6-3-1-2-4-7(6)15-8/h1-4,8H,5H2. The molecule has 2 aromatic rings. The van der Waals surface area contributed by atoms with Crippen LogP contribution in [0.25, 0.3) is 0 Å². The Morgan fingerprint density at radius 2 is 2.20 bits per heavy atom. The zero-order chi connectivity index (χ0) is 10.3. The van der Waals surface area contributed by atoms with Crippen molar-refractivity contribution in [3.05, 3.63) is 39.6 Å². The molecular weight excluding hydrogens is 323 g/mol. The number of aromatic nitrogens is 2. The van der Waals surface area contributed by atoms with E-state index in [-0.39, 0.29) is 0 Å². The second-order valence-electron chi connectivity index (χ2n) is 3.31. The predicted octanol–water partition coefficient (Wildman–Crippen LogP) is 3.06. The lowest BCUT2D eigenvalue weighted by Crippen LogP contribution is -1.92. The maximum absolute atomic E-state index is 5.44. The number of hydrogen-bond acceptors (Lipinski definition) is 4. The van der Waals surface area contributed by atoms with E-state index >= 15 is 0 Å². The molecule has 5 heteroatoms. The maximum Gasteiger partial charge on any atom is 0.278 e. The first-order valence-corrected chi connectivity index (χ1v) is 6.52. The third-order valence-corrected chi connectivity index (χ3v) is 4.08. The summed E-state index contributed by atoms with van der Waals surface area (Å²) >= 11 is 3.84. The van der Waals surface area contributed by atoms with Gasteiger partial charge in [0, 0.05) is 27.5 Å². The van der Waals surface area contributed by atoms with E-state index in [1.807, 2.05) is 22.6 Å². The smallest absolute Gasteiger partial charge is 0.278 e. The van der Waals surface area contributed by atoms with Gasteiger partial charge in [-0.1, -0.05) is 18.2 Å². The summed E-state index contributed by atoms with van der Waals surface area (Å²) in [5.74, 6) is 0.737. The lowest BCUT2D eigenvalue weighted by Gasteiger charge is -1.99. The molecule has 0 radical (unpaired) electrons. The molecule has 3 rings (SSSR count). The van der Waals surface area contributed by atoms with Gasteiger partial charge in [-0.3, -0.25) is 0 Å². The highest BCUT2D eigenvalue weighted by molar-refractivity contribution is 14.1. The molecular formula is C10H7IN2OS. The average molecular weight is 330 g/mol. The number of nitrogens with zero attached hydrogens (tertiary/aromatic N) is 2. The zero-order valence-electron chi connectivity index (χ0n) is 7.68. The van der Waals surface area contributed by atoms with Crippen molar-refractivity contribution >= 4 is 34.4 Å². The Bertz CT molecular complexity index is 475.